The highest BCUT2D eigenvalue weighted by atomic mass is 35.5. The number of hydrogen-bond donors (Lipinski definition) is 1. The molecule has 1 saturated heterocycles. The number of imide groups is 1. The number of carbonyl (C=O) groups is 3. The Morgan fingerprint density at radius 1 is 0.973 bits per heavy atom. The van der Waals surface area contributed by atoms with E-state index in [9.17, 15) is 14.4 Å². The van der Waals surface area contributed by atoms with Crippen LogP contribution in [0.5, 0.6) is 11.5 Å². The van der Waals surface area contributed by atoms with Crippen molar-refractivity contribution in [2.45, 2.75) is 13.5 Å². The van der Waals surface area contributed by atoms with Gasteiger partial charge >= 0.3 is 0 Å². The molecule has 0 saturated carbocycles. The van der Waals surface area contributed by atoms with Gasteiger partial charge in [-0.3, -0.25) is 19.3 Å². The summed E-state index contributed by atoms with van der Waals surface area (Å²) in [5.74, 6) is 0.0485. The second-order valence-electron chi connectivity index (χ2n) is 7.88. The molecule has 0 spiro atoms. The molecule has 0 radical (unpaired) electrons. The number of rotatable bonds is 9. The number of benzene rings is 3. The fourth-order valence-electron chi connectivity index (χ4n) is 3.47. The largest absolute Gasteiger partial charge is 0.490 e. The molecule has 10 heteroatoms. The molecule has 1 aliphatic rings. The predicted molar refractivity (Wildman–Crippen MR) is 146 cm³/mol. The second kappa shape index (κ2) is 12.2. The maximum atomic E-state index is 12.9. The molecular formula is C27H22Cl2N2O5S. The van der Waals surface area contributed by atoms with Gasteiger partial charge in [0.25, 0.3) is 17.1 Å². The zero-order chi connectivity index (χ0) is 26.4. The Kier molecular flexibility index (Phi) is 8.76. The summed E-state index contributed by atoms with van der Waals surface area (Å²) in [7, 11) is 0. The molecule has 3 amide bonds. The fraction of sp³-hybridized carbons (Fsp3) is 0.148. The Morgan fingerprint density at radius 3 is 2.49 bits per heavy atom. The van der Waals surface area contributed by atoms with Crippen LogP contribution in [0, 0.1) is 0 Å². The summed E-state index contributed by atoms with van der Waals surface area (Å²) in [6.45, 7) is 2.11. The normalized spacial score (nSPS) is 14.2. The molecule has 0 bridgehead atoms. The molecule has 37 heavy (non-hydrogen) atoms. The summed E-state index contributed by atoms with van der Waals surface area (Å²) in [5.41, 5.74) is 2.01. The van der Waals surface area contributed by atoms with E-state index in [2.05, 4.69) is 5.32 Å². The van der Waals surface area contributed by atoms with Crippen molar-refractivity contribution in [3.05, 3.63) is 92.8 Å². The topological polar surface area (TPSA) is 84.9 Å². The second-order valence-corrected chi connectivity index (χ2v) is 9.75. The van der Waals surface area contributed by atoms with E-state index < -0.39 is 0 Å². The lowest BCUT2D eigenvalue weighted by Crippen LogP contribution is -2.27. The first-order chi connectivity index (χ1) is 17.8. The summed E-state index contributed by atoms with van der Waals surface area (Å²) in [6, 6.07) is 18.9. The first-order valence-electron chi connectivity index (χ1n) is 11.3. The molecule has 0 atom stereocenters. The summed E-state index contributed by atoms with van der Waals surface area (Å²) in [4.78, 5) is 39.2. The van der Waals surface area contributed by atoms with Gasteiger partial charge < -0.3 is 14.8 Å². The highest BCUT2D eigenvalue weighted by Gasteiger charge is 2.35. The number of halogens is 2. The molecule has 0 unspecified atom stereocenters. The van der Waals surface area contributed by atoms with Crippen LogP contribution < -0.4 is 14.8 Å². The third-order valence-corrected chi connectivity index (χ3v) is 6.55. The summed E-state index contributed by atoms with van der Waals surface area (Å²) < 4.78 is 11.4. The molecule has 1 N–H and O–H groups in total. The van der Waals surface area contributed by atoms with Crippen LogP contribution in [0.15, 0.2) is 71.6 Å². The molecule has 0 aliphatic carbocycles. The predicted octanol–water partition coefficient (Wildman–Crippen LogP) is 6.65. The minimum absolute atomic E-state index is 0.160. The summed E-state index contributed by atoms with van der Waals surface area (Å²) >= 11 is 12.7. The number of ether oxygens (including phenoxy) is 2. The third-order valence-electron chi connectivity index (χ3n) is 5.16. The van der Waals surface area contributed by atoms with Crippen LogP contribution in [0.2, 0.25) is 10.0 Å². The van der Waals surface area contributed by atoms with Crippen molar-refractivity contribution in [2.24, 2.45) is 0 Å². The van der Waals surface area contributed by atoms with Crippen LogP contribution in [0.3, 0.4) is 0 Å². The van der Waals surface area contributed by atoms with E-state index in [-0.39, 0.29) is 30.2 Å². The third kappa shape index (κ3) is 7.07. The van der Waals surface area contributed by atoms with Gasteiger partial charge in [-0.1, -0.05) is 47.5 Å². The minimum atomic E-state index is -0.374. The first kappa shape index (κ1) is 26.6. The molecule has 7 nitrogen and oxygen atoms in total. The molecule has 1 fully saturated rings. The van der Waals surface area contributed by atoms with Gasteiger partial charge in [0.15, 0.2) is 18.1 Å². The Balaban J connectivity index is 1.44. The van der Waals surface area contributed by atoms with E-state index in [4.69, 9.17) is 32.7 Å². The highest BCUT2D eigenvalue weighted by Crippen LogP contribution is 2.35. The van der Waals surface area contributed by atoms with E-state index in [0.29, 0.717) is 44.3 Å². The van der Waals surface area contributed by atoms with Crippen LogP contribution in [-0.4, -0.2) is 35.2 Å². The zero-order valence-electron chi connectivity index (χ0n) is 19.7. The number of amides is 3. The maximum Gasteiger partial charge on any atom is 0.293 e. The monoisotopic (exact) mass is 556 g/mol. The number of carbonyl (C=O) groups excluding carboxylic acids is 3. The van der Waals surface area contributed by atoms with Crippen molar-refractivity contribution in [1.29, 1.82) is 0 Å². The van der Waals surface area contributed by atoms with Crippen molar-refractivity contribution < 1.29 is 23.9 Å². The van der Waals surface area contributed by atoms with Gasteiger partial charge in [-0.15, -0.1) is 0 Å². The Labute approximate surface area is 228 Å². The van der Waals surface area contributed by atoms with E-state index in [0.717, 1.165) is 17.3 Å². The average molecular weight is 557 g/mol. The molecule has 1 heterocycles. The lowest BCUT2D eigenvalue weighted by atomic mass is 10.1. The molecular weight excluding hydrogens is 535 g/mol. The highest BCUT2D eigenvalue weighted by molar-refractivity contribution is 8.18. The standard InChI is InChI=1S/C27H22Cl2N2O5S/c1-2-35-23-12-18(8-11-22(23)36-16-25(32)30-21-5-3-4-20(29)14-21)13-24-26(33)31(27(34)37-24)15-17-6-9-19(28)10-7-17/h3-14H,2,15-16H2,1H3,(H,30,32)/b24-13-. The van der Waals surface area contributed by atoms with Crippen LogP contribution in [0.4, 0.5) is 10.5 Å². The van der Waals surface area contributed by atoms with Gasteiger partial charge in [0.2, 0.25) is 0 Å². The number of hydrogen-bond acceptors (Lipinski definition) is 6. The average Bonchev–Trinajstić information content (AvgIpc) is 3.12. The molecule has 3 aromatic rings. The fourth-order valence-corrected chi connectivity index (χ4v) is 4.62. The van der Waals surface area contributed by atoms with Crippen LogP contribution in [0.25, 0.3) is 6.08 Å². The van der Waals surface area contributed by atoms with E-state index in [1.54, 1.807) is 72.8 Å². The first-order valence-corrected chi connectivity index (χ1v) is 12.8. The van der Waals surface area contributed by atoms with Gasteiger partial charge in [-0.05, 0) is 78.4 Å². The number of nitrogens with zero attached hydrogens (tertiary/aromatic N) is 1. The van der Waals surface area contributed by atoms with Gasteiger partial charge in [0.05, 0.1) is 18.1 Å². The molecule has 0 aromatic heterocycles. The van der Waals surface area contributed by atoms with Gasteiger partial charge in [-0.25, -0.2) is 0 Å². The summed E-state index contributed by atoms with van der Waals surface area (Å²) in [6.07, 6.45) is 1.63. The lowest BCUT2D eigenvalue weighted by molar-refractivity contribution is -0.123. The van der Waals surface area contributed by atoms with E-state index in [1.807, 2.05) is 6.92 Å². The maximum absolute atomic E-state index is 12.9. The minimum Gasteiger partial charge on any atom is -0.490 e. The van der Waals surface area contributed by atoms with Gasteiger partial charge in [0, 0.05) is 15.7 Å². The molecule has 1 aliphatic heterocycles. The SMILES string of the molecule is CCOc1cc(/C=C2\SC(=O)N(Cc3ccc(Cl)cc3)C2=O)ccc1OCC(=O)Nc1cccc(Cl)c1. The summed E-state index contributed by atoms with van der Waals surface area (Å²) in [5, 5.41) is 3.46. The molecule has 4 rings (SSSR count). The van der Waals surface area contributed by atoms with Gasteiger partial charge in [0.1, 0.15) is 0 Å². The Hall–Kier alpha value is -3.46. The molecule has 190 valence electrons. The van der Waals surface area contributed by atoms with Crippen LogP contribution >= 0.6 is 35.0 Å². The Morgan fingerprint density at radius 2 is 1.76 bits per heavy atom. The van der Waals surface area contributed by atoms with Gasteiger partial charge in [-0.2, -0.15) is 0 Å². The van der Waals surface area contributed by atoms with Crippen LogP contribution in [-0.2, 0) is 16.1 Å². The quantitative estimate of drug-likeness (QED) is 0.297. The Bertz CT molecular complexity index is 1360. The van der Waals surface area contributed by atoms with Crippen molar-refractivity contribution >= 4 is 63.8 Å². The number of anilines is 1. The van der Waals surface area contributed by atoms with Crippen molar-refractivity contribution in [1.82, 2.24) is 4.90 Å². The smallest absolute Gasteiger partial charge is 0.293 e. The van der Waals surface area contributed by atoms with E-state index in [1.165, 1.54) is 4.90 Å². The number of nitrogens with one attached hydrogen (secondary N) is 1. The van der Waals surface area contributed by atoms with Crippen molar-refractivity contribution in [3.63, 3.8) is 0 Å². The zero-order valence-corrected chi connectivity index (χ0v) is 22.0. The lowest BCUT2D eigenvalue weighted by Gasteiger charge is -2.13. The molecule has 3 aromatic carbocycles. The van der Waals surface area contributed by atoms with E-state index >= 15 is 0 Å². The van der Waals surface area contributed by atoms with Crippen molar-refractivity contribution in [2.75, 3.05) is 18.5 Å². The van der Waals surface area contributed by atoms with Crippen LogP contribution in [0.1, 0.15) is 18.1 Å². The van der Waals surface area contributed by atoms with Crippen molar-refractivity contribution in [3.8, 4) is 11.5 Å². The number of thioether (sulfide) groups is 1.